The van der Waals surface area contributed by atoms with Crippen molar-refractivity contribution in [2.75, 3.05) is 12.4 Å². The van der Waals surface area contributed by atoms with E-state index in [-0.39, 0.29) is 0 Å². The summed E-state index contributed by atoms with van der Waals surface area (Å²) in [4.78, 5) is 4.66. The number of fused-ring (bicyclic) bond motifs is 1. The minimum atomic E-state index is 0.949. The molecule has 0 aliphatic heterocycles. The number of anilines is 1. The van der Waals surface area contributed by atoms with Crippen LogP contribution in [0, 0.1) is 6.92 Å². The molecule has 0 spiro atoms. The van der Waals surface area contributed by atoms with Gasteiger partial charge in [0.1, 0.15) is 0 Å². The number of aromatic nitrogens is 1. The zero-order chi connectivity index (χ0) is 11.7. The van der Waals surface area contributed by atoms with Crippen LogP contribution in [0.25, 0.3) is 10.9 Å². The molecule has 2 aromatic rings. The smallest absolute Gasteiger partial charge is 0.0868 e. The van der Waals surface area contributed by atoms with E-state index in [0.29, 0.717) is 0 Å². The van der Waals surface area contributed by atoms with Gasteiger partial charge >= 0.3 is 0 Å². The highest BCUT2D eigenvalue weighted by Crippen LogP contribution is 2.30. The van der Waals surface area contributed by atoms with E-state index in [1.807, 2.05) is 7.05 Å². The molecule has 84 valence electrons. The van der Waals surface area contributed by atoms with Crippen molar-refractivity contribution in [1.82, 2.24) is 4.98 Å². The second-order valence-electron chi connectivity index (χ2n) is 3.91. The second kappa shape index (κ2) is 4.42. The lowest BCUT2D eigenvalue weighted by Crippen LogP contribution is -1.96. The molecule has 0 unspecified atom stereocenters. The normalized spacial score (nSPS) is 10.8. The number of nitrogens with zero attached hydrogens (tertiary/aromatic N) is 1. The van der Waals surface area contributed by atoms with E-state index in [1.165, 1.54) is 10.9 Å². The average Bonchev–Trinajstić information content (AvgIpc) is 2.28. The van der Waals surface area contributed by atoms with E-state index in [0.717, 1.165) is 27.8 Å². The monoisotopic (exact) mass is 278 g/mol. The Morgan fingerprint density at radius 3 is 2.69 bits per heavy atom. The highest BCUT2D eigenvalue weighted by atomic mass is 79.9. The molecule has 1 aromatic heterocycles. The molecule has 3 heteroatoms. The van der Waals surface area contributed by atoms with E-state index in [4.69, 9.17) is 0 Å². The van der Waals surface area contributed by atoms with Crippen LogP contribution < -0.4 is 5.32 Å². The van der Waals surface area contributed by atoms with E-state index in [2.05, 4.69) is 58.3 Å². The molecule has 0 aliphatic rings. The van der Waals surface area contributed by atoms with Crippen LogP contribution in [-0.2, 0) is 6.42 Å². The van der Waals surface area contributed by atoms with Gasteiger partial charge in [-0.05, 0) is 53.0 Å². The van der Waals surface area contributed by atoms with Crippen LogP contribution in [0.5, 0.6) is 0 Å². The van der Waals surface area contributed by atoms with Crippen molar-refractivity contribution in [3.63, 3.8) is 0 Å². The lowest BCUT2D eigenvalue weighted by molar-refractivity contribution is 1.06. The SMILES string of the molecule is CCc1cc(NC)c2cc(C)cc(Br)c2n1. The summed E-state index contributed by atoms with van der Waals surface area (Å²) in [5.41, 5.74) is 4.53. The zero-order valence-corrected chi connectivity index (χ0v) is 11.4. The first-order valence-corrected chi connectivity index (χ1v) is 6.22. The summed E-state index contributed by atoms with van der Waals surface area (Å²) < 4.78 is 1.06. The van der Waals surface area contributed by atoms with Crippen LogP contribution in [0.15, 0.2) is 22.7 Å². The van der Waals surface area contributed by atoms with Gasteiger partial charge < -0.3 is 5.32 Å². The molecular weight excluding hydrogens is 264 g/mol. The molecule has 0 atom stereocenters. The first-order valence-electron chi connectivity index (χ1n) is 5.43. The topological polar surface area (TPSA) is 24.9 Å². The number of aryl methyl sites for hydroxylation is 2. The first kappa shape index (κ1) is 11.4. The fourth-order valence-corrected chi connectivity index (χ4v) is 2.53. The Labute approximate surface area is 104 Å². The number of rotatable bonds is 2. The van der Waals surface area contributed by atoms with E-state index in [1.54, 1.807) is 0 Å². The summed E-state index contributed by atoms with van der Waals surface area (Å²) >= 11 is 3.58. The molecule has 0 amide bonds. The van der Waals surface area contributed by atoms with Crippen molar-refractivity contribution >= 4 is 32.5 Å². The van der Waals surface area contributed by atoms with Crippen molar-refractivity contribution in [2.45, 2.75) is 20.3 Å². The summed E-state index contributed by atoms with van der Waals surface area (Å²) in [6.07, 6.45) is 0.949. The van der Waals surface area contributed by atoms with Crippen LogP contribution in [0.4, 0.5) is 5.69 Å². The molecule has 0 radical (unpaired) electrons. The lowest BCUT2D eigenvalue weighted by atomic mass is 10.1. The molecule has 1 N–H and O–H groups in total. The molecule has 1 heterocycles. The van der Waals surface area contributed by atoms with E-state index >= 15 is 0 Å². The maximum absolute atomic E-state index is 4.66. The van der Waals surface area contributed by atoms with Gasteiger partial charge in [0.2, 0.25) is 0 Å². The Morgan fingerprint density at radius 1 is 1.31 bits per heavy atom. The fraction of sp³-hybridized carbons (Fsp3) is 0.308. The summed E-state index contributed by atoms with van der Waals surface area (Å²) in [5, 5.41) is 4.41. The molecule has 1 aromatic carbocycles. The first-order chi connectivity index (χ1) is 7.65. The second-order valence-corrected chi connectivity index (χ2v) is 4.76. The van der Waals surface area contributed by atoms with Crippen LogP contribution in [0.3, 0.4) is 0 Å². The molecule has 0 bridgehead atoms. The van der Waals surface area contributed by atoms with Gasteiger partial charge in [0, 0.05) is 28.3 Å². The maximum Gasteiger partial charge on any atom is 0.0868 e. The highest BCUT2D eigenvalue weighted by molar-refractivity contribution is 9.10. The van der Waals surface area contributed by atoms with Crippen molar-refractivity contribution in [1.29, 1.82) is 0 Å². The molecule has 0 saturated carbocycles. The number of pyridine rings is 1. The molecule has 16 heavy (non-hydrogen) atoms. The largest absolute Gasteiger partial charge is 0.388 e. The van der Waals surface area contributed by atoms with Gasteiger partial charge in [0.05, 0.1) is 5.52 Å². The Balaban J connectivity index is 2.83. The Bertz CT molecular complexity index is 535. The van der Waals surface area contributed by atoms with Crippen molar-refractivity contribution in [3.8, 4) is 0 Å². The van der Waals surface area contributed by atoms with Crippen LogP contribution in [-0.4, -0.2) is 12.0 Å². The summed E-state index contributed by atoms with van der Waals surface area (Å²) in [5.74, 6) is 0. The molecule has 0 fully saturated rings. The Morgan fingerprint density at radius 2 is 2.06 bits per heavy atom. The number of halogens is 1. The third kappa shape index (κ3) is 1.92. The zero-order valence-electron chi connectivity index (χ0n) is 9.76. The third-order valence-corrected chi connectivity index (χ3v) is 3.30. The standard InChI is InChI=1S/C13H15BrN2/c1-4-9-7-12(15-3)10-5-8(2)6-11(14)13(10)16-9/h5-7H,4H2,1-3H3,(H,15,16). The summed E-state index contributed by atoms with van der Waals surface area (Å²) in [6.45, 7) is 4.22. The van der Waals surface area contributed by atoms with E-state index < -0.39 is 0 Å². The molecule has 0 saturated heterocycles. The van der Waals surface area contributed by atoms with Gasteiger partial charge in [-0.3, -0.25) is 4.98 Å². The van der Waals surface area contributed by atoms with Gasteiger partial charge in [-0.2, -0.15) is 0 Å². The van der Waals surface area contributed by atoms with Crippen molar-refractivity contribution in [2.24, 2.45) is 0 Å². The number of nitrogens with one attached hydrogen (secondary N) is 1. The third-order valence-electron chi connectivity index (χ3n) is 2.70. The minimum Gasteiger partial charge on any atom is -0.388 e. The average molecular weight is 279 g/mol. The van der Waals surface area contributed by atoms with Gasteiger partial charge in [0.25, 0.3) is 0 Å². The van der Waals surface area contributed by atoms with Crippen molar-refractivity contribution in [3.05, 3.63) is 33.9 Å². The minimum absolute atomic E-state index is 0.949. The van der Waals surface area contributed by atoms with Crippen LogP contribution >= 0.6 is 15.9 Å². The quantitative estimate of drug-likeness (QED) is 0.901. The molecular formula is C13H15BrN2. The summed E-state index contributed by atoms with van der Waals surface area (Å²) in [6, 6.07) is 6.39. The highest BCUT2D eigenvalue weighted by Gasteiger charge is 2.07. The Hall–Kier alpha value is -1.09. The molecule has 2 rings (SSSR count). The number of benzene rings is 1. The lowest BCUT2D eigenvalue weighted by Gasteiger charge is -2.10. The van der Waals surface area contributed by atoms with Crippen LogP contribution in [0.1, 0.15) is 18.2 Å². The van der Waals surface area contributed by atoms with Crippen LogP contribution in [0.2, 0.25) is 0 Å². The number of hydrogen-bond donors (Lipinski definition) is 1. The molecule has 2 nitrogen and oxygen atoms in total. The molecule has 0 aliphatic carbocycles. The summed E-state index contributed by atoms with van der Waals surface area (Å²) in [7, 11) is 1.95. The fourth-order valence-electron chi connectivity index (χ4n) is 1.86. The maximum atomic E-state index is 4.66. The Kier molecular flexibility index (Phi) is 3.15. The predicted octanol–water partition coefficient (Wildman–Crippen LogP) is 3.91. The van der Waals surface area contributed by atoms with Gasteiger partial charge in [-0.1, -0.05) is 6.92 Å². The van der Waals surface area contributed by atoms with Crippen molar-refractivity contribution < 1.29 is 0 Å². The van der Waals surface area contributed by atoms with Gasteiger partial charge in [0.15, 0.2) is 0 Å². The van der Waals surface area contributed by atoms with Gasteiger partial charge in [-0.25, -0.2) is 0 Å². The number of hydrogen-bond acceptors (Lipinski definition) is 2. The van der Waals surface area contributed by atoms with E-state index in [9.17, 15) is 0 Å². The van der Waals surface area contributed by atoms with Gasteiger partial charge in [-0.15, -0.1) is 0 Å². The predicted molar refractivity (Wildman–Crippen MR) is 73.1 cm³/mol.